The standard InChI is InChI=1S/C19H16ClFN4O/c1-24-9-10-25(17(26)11-12-13(20)5-4-6-14(12)21)19-18(24)22-15-7-2-3-8-16(15)23-19/h2-8H,9-11H2,1H3. The van der Waals surface area contributed by atoms with E-state index in [-0.39, 0.29) is 22.9 Å². The lowest BCUT2D eigenvalue weighted by atomic mass is 10.1. The van der Waals surface area contributed by atoms with E-state index in [1.165, 1.54) is 12.1 Å². The summed E-state index contributed by atoms with van der Waals surface area (Å²) >= 11 is 6.07. The molecule has 0 radical (unpaired) electrons. The van der Waals surface area contributed by atoms with Gasteiger partial charge in [0, 0.05) is 30.7 Å². The zero-order valence-electron chi connectivity index (χ0n) is 14.1. The van der Waals surface area contributed by atoms with Gasteiger partial charge >= 0.3 is 0 Å². The summed E-state index contributed by atoms with van der Waals surface area (Å²) in [4.78, 5) is 25.7. The van der Waals surface area contributed by atoms with E-state index in [0.29, 0.717) is 30.2 Å². The lowest BCUT2D eigenvalue weighted by Gasteiger charge is -2.33. The molecule has 0 atom stereocenters. The van der Waals surface area contributed by atoms with Crippen LogP contribution in [-0.2, 0) is 11.2 Å². The number of carbonyl (C=O) groups is 1. The number of para-hydroxylation sites is 2. The van der Waals surface area contributed by atoms with Crippen LogP contribution < -0.4 is 9.80 Å². The normalized spacial score (nSPS) is 13.8. The van der Waals surface area contributed by atoms with Gasteiger partial charge in [0.05, 0.1) is 17.5 Å². The van der Waals surface area contributed by atoms with Crippen molar-refractivity contribution < 1.29 is 9.18 Å². The molecule has 1 aliphatic heterocycles. The van der Waals surface area contributed by atoms with E-state index in [1.807, 2.05) is 36.2 Å². The Kier molecular flexibility index (Phi) is 4.20. The quantitative estimate of drug-likeness (QED) is 0.693. The summed E-state index contributed by atoms with van der Waals surface area (Å²) < 4.78 is 14.1. The number of nitrogens with zero attached hydrogens (tertiary/aromatic N) is 4. The Labute approximate surface area is 155 Å². The zero-order chi connectivity index (χ0) is 18.3. The summed E-state index contributed by atoms with van der Waals surface area (Å²) in [5, 5.41) is 0.247. The molecule has 26 heavy (non-hydrogen) atoms. The van der Waals surface area contributed by atoms with Crippen LogP contribution >= 0.6 is 11.6 Å². The maximum Gasteiger partial charge on any atom is 0.232 e. The summed E-state index contributed by atoms with van der Waals surface area (Å²) in [5.41, 5.74) is 1.68. The number of halogens is 2. The van der Waals surface area contributed by atoms with Gasteiger partial charge in [-0.1, -0.05) is 29.8 Å². The molecular formula is C19H16ClFN4O. The number of hydrogen-bond donors (Lipinski definition) is 0. The molecule has 0 N–H and O–H groups in total. The van der Waals surface area contributed by atoms with Crippen LogP contribution in [0.3, 0.4) is 0 Å². The summed E-state index contributed by atoms with van der Waals surface area (Å²) in [5.74, 6) is 0.401. The largest absolute Gasteiger partial charge is 0.355 e. The molecule has 4 rings (SSSR count). The number of aromatic nitrogens is 2. The molecule has 2 heterocycles. The Morgan fingerprint density at radius 3 is 2.46 bits per heavy atom. The first-order valence-electron chi connectivity index (χ1n) is 8.26. The third kappa shape index (κ3) is 2.86. The first-order chi connectivity index (χ1) is 12.5. The predicted molar refractivity (Wildman–Crippen MR) is 100 cm³/mol. The van der Waals surface area contributed by atoms with Crippen molar-refractivity contribution in [3.8, 4) is 0 Å². The van der Waals surface area contributed by atoms with Crippen molar-refractivity contribution in [2.45, 2.75) is 6.42 Å². The van der Waals surface area contributed by atoms with Gasteiger partial charge in [-0.15, -0.1) is 0 Å². The molecular weight excluding hydrogens is 355 g/mol. The number of fused-ring (bicyclic) bond motifs is 2. The van der Waals surface area contributed by atoms with E-state index in [4.69, 9.17) is 11.6 Å². The van der Waals surface area contributed by atoms with Crippen molar-refractivity contribution in [1.82, 2.24) is 9.97 Å². The second-order valence-corrected chi connectivity index (χ2v) is 6.61. The zero-order valence-corrected chi connectivity index (χ0v) is 14.9. The lowest BCUT2D eigenvalue weighted by Crippen LogP contribution is -2.44. The van der Waals surface area contributed by atoms with Crippen molar-refractivity contribution >= 4 is 40.2 Å². The topological polar surface area (TPSA) is 49.3 Å². The fourth-order valence-corrected chi connectivity index (χ4v) is 3.30. The summed E-state index contributed by atoms with van der Waals surface area (Å²) in [6.07, 6.45) is -0.122. The highest BCUT2D eigenvalue weighted by Crippen LogP contribution is 2.31. The number of rotatable bonds is 2. The van der Waals surface area contributed by atoms with Crippen molar-refractivity contribution in [3.05, 3.63) is 58.9 Å². The number of carbonyl (C=O) groups excluding carboxylic acids is 1. The second-order valence-electron chi connectivity index (χ2n) is 6.20. The number of amides is 1. The summed E-state index contributed by atoms with van der Waals surface area (Å²) in [6.45, 7) is 1.08. The minimum Gasteiger partial charge on any atom is -0.355 e. The third-order valence-corrected chi connectivity index (χ3v) is 4.86. The molecule has 3 aromatic rings. The van der Waals surface area contributed by atoms with E-state index < -0.39 is 5.82 Å². The predicted octanol–water partition coefficient (Wildman–Crippen LogP) is 3.45. The first-order valence-corrected chi connectivity index (χ1v) is 8.63. The van der Waals surface area contributed by atoms with Gasteiger partial charge in [-0.05, 0) is 24.3 Å². The van der Waals surface area contributed by atoms with Crippen molar-refractivity contribution in [3.63, 3.8) is 0 Å². The third-order valence-electron chi connectivity index (χ3n) is 4.50. The molecule has 0 bridgehead atoms. The van der Waals surface area contributed by atoms with Gasteiger partial charge in [-0.3, -0.25) is 9.69 Å². The van der Waals surface area contributed by atoms with Crippen LogP contribution in [0.4, 0.5) is 16.0 Å². The van der Waals surface area contributed by atoms with Gasteiger partial charge in [0.1, 0.15) is 5.82 Å². The second kappa shape index (κ2) is 6.53. The Morgan fingerprint density at radius 1 is 1.08 bits per heavy atom. The molecule has 1 amide bonds. The van der Waals surface area contributed by atoms with Crippen LogP contribution in [0.2, 0.25) is 5.02 Å². The Hall–Kier alpha value is -2.73. The SMILES string of the molecule is CN1CCN(C(=O)Cc2c(F)cccc2Cl)c2nc3ccccc3nc21. The molecule has 0 spiro atoms. The van der Waals surface area contributed by atoms with Crippen LogP contribution in [0.15, 0.2) is 42.5 Å². The van der Waals surface area contributed by atoms with Crippen LogP contribution in [0.25, 0.3) is 11.0 Å². The molecule has 0 saturated heterocycles. The first kappa shape index (κ1) is 16.7. The maximum atomic E-state index is 14.1. The minimum atomic E-state index is -0.482. The van der Waals surface area contributed by atoms with Gasteiger partial charge in [-0.2, -0.15) is 0 Å². The average molecular weight is 371 g/mol. The fraction of sp³-hybridized carbons (Fsp3) is 0.211. The van der Waals surface area contributed by atoms with E-state index in [1.54, 1.807) is 11.0 Å². The molecule has 0 unspecified atom stereocenters. The molecule has 0 saturated carbocycles. The summed E-state index contributed by atoms with van der Waals surface area (Å²) in [6, 6.07) is 11.9. The number of benzene rings is 2. The molecule has 132 valence electrons. The van der Waals surface area contributed by atoms with Crippen LogP contribution in [0.5, 0.6) is 0 Å². The maximum absolute atomic E-state index is 14.1. The van der Waals surface area contributed by atoms with Crippen LogP contribution in [0.1, 0.15) is 5.56 Å². The van der Waals surface area contributed by atoms with Crippen molar-refractivity contribution in [2.75, 3.05) is 29.9 Å². The molecule has 1 aliphatic rings. The number of anilines is 2. The Balaban J connectivity index is 1.73. The molecule has 2 aromatic carbocycles. The van der Waals surface area contributed by atoms with Crippen molar-refractivity contribution in [2.24, 2.45) is 0 Å². The van der Waals surface area contributed by atoms with Crippen LogP contribution in [-0.4, -0.2) is 36.0 Å². The van der Waals surface area contributed by atoms with Gasteiger partial charge in [0.25, 0.3) is 0 Å². The van der Waals surface area contributed by atoms with Gasteiger partial charge < -0.3 is 4.90 Å². The van der Waals surface area contributed by atoms with E-state index >= 15 is 0 Å². The molecule has 5 nitrogen and oxygen atoms in total. The van der Waals surface area contributed by atoms with E-state index in [0.717, 1.165) is 5.52 Å². The van der Waals surface area contributed by atoms with E-state index in [9.17, 15) is 9.18 Å². The lowest BCUT2D eigenvalue weighted by molar-refractivity contribution is -0.118. The van der Waals surface area contributed by atoms with Gasteiger partial charge in [0.15, 0.2) is 11.6 Å². The highest BCUT2D eigenvalue weighted by atomic mass is 35.5. The van der Waals surface area contributed by atoms with Crippen molar-refractivity contribution in [1.29, 1.82) is 0 Å². The highest BCUT2D eigenvalue weighted by molar-refractivity contribution is 6.31. The smallest absolute Gasteiger partial charge is 0.232 e. The molecule has 7 heteroatoms. The Bertz CT molecular complexity index is 990. The number of likely N-dealkylation sites (N-methyl/N-ethyl adjacent to an activating group) is 1. The minimum absolute atomic E-state index is 0.122. The Morgan fingerprint density at radius 2 is 1.77 bits per heavy atom. The van der Waals surface area contributed by atoms with Gasteiger partial charge in [-0.25, -0.2) is 14.4 Å². The average Bonchev–Trinajstić information content (AvgIpc) is 2.64. The number of hydrogen-bond acceptors (Lipinski definition) is 4. The van der Waals surface area contributed by atoms with E-state index in [2.05, 4.69) is 9.97 Å². The molecule has 0 fully saturated rings. The van der Waals surface area contributed by atoms with Crippen LogP contribution in [0, 0.1) is 5.82 Å². The fourth-order valence-electron chi connectivity index (χ4n) is 3.07. The highest BCUT2D eigenvalue weighted by Gasteiger charge is 2.29. The summed E-state index contributed by atoms with van der Waals surface area (Å²) in [7, 11) is 1.91. The molecule has 0 aliphatic carbocycles. The molecule has 1 aromatic heterocycles. The van der Waals surface area contributed by atoms with Gasteiger partial charge in [0.2, 0.25) is 5.91 Å². The monoisotopic (exact) mass is 370 g/mol.